The van der Waals surface area contributed by atoms with Crippen molar-refractivity contribution >= 4 is 21.6 Å². The Morgan fingerprint density at radius 1 is 1.10 bits per heavy atom. The van der Waals surface area contributed by atoms with Crippen molar-refractivity contribution < 1.29 is 0 Å². The number of nitrogens with one attached hydrogen (secondary N) is 1. The standard InChI is InChI=1S/C18H23BrN2/c1-4-20-12-15-9-10-17(11-14(15)2)21(3)13-16-7-5-6-8-18(16)19/h5-11,20H,4,12-13H2,1-3H3. The van der Waals surface area contributed by atoms with Gasteiger partial charge in [-0.2, -0.15) is 0 Å². The molecule has 0 fully saturated rings. The highest BCUT2D eigenvalue weighted by Gasteiger charge is 2.07. The summed E-state index contributed by atoms with van der Waals surface area (Å²) in [5, 5.41) is 3.38. The van der Waals surface area contributed by atoms with Gasteiger partial charge in [0.25, 0.3) is 0 Å². The van der Waals surface area contributed by atoms with Gasteiger partial charge in [-0.05, 0) is 48.4 Å². The van der Waals surface area contributed by atoms with Crippen LogP contribution in [0.4, 0.5) is 5.69 Å². The molecule has 0 atom stereocenters. The highest BCUT2D eigenvalue weighted by atomic mass is 79.9. The van der Waals surface area contributed by atoms with Crippen LogP contribution in [0.5, 0.6) is 0 Å². The van der Waals surface area contributed by atoms with Gasteiger partial charge in [-0.1, -0.05) is 47.1 Å². The van der Waals surface area contributed by atoms with Crippen molar-refractivity contribution in [1.29, 1.82) is 0 Å². The molecular formula is C18H23BrN2. The highest BCUT2D eigenvalue weighted by Crippen LogP contribution is 2.23. The molecule has 0 aliphatic carbocycles. The summed E-state index contributed by atoms with van der Waals surface area (Å²) in [6.45, 7) is 7.16. The van der Waals surface area contributed by atoms with Crippen molar-refractivity contribution in [2.24, 2.45) is 0 Å². The normalized spacial score (nSPS) is 10.7. The van der Waals surface area contributed by atoms with Crippen LogP contribution in [0.25, 0.3) is 0 Å². The van der Waals surface area contributed by atoms with Crippen molar-refractivity contribution in [2.75, 3.05) is 18.5 Å². The van der Waals surface area contributed by atoms with Crippen molar-refractivity contribution in [3.05, 3.63) is 63.6 Å². The van der Waals surface area contributed by atoms with E-state index in [2.05, 4.69) is 83.4 Å². The molecule has 3 heteroatoms. The van der Waals surface area contributed by atoms with E-state index >= 15 is 0 Å². The Morgan fingerprint density at radius 3 is 2.52 bits per heavy atom. The van der Waals surface area contributed by atoms with E-state index in [0.29, 0.717) is 0 Å². The van der Waals surface area contributed by atoms with Gasteiger partial charge in [0.05, 0.1) is 0 Å². The minimum atomic E-state index is 0.896. The van der Waals surface area contributed by atoms with Crippen LogP contribution < -0.4 is 10.2 Å². The Kier molecular flexibility index (Phi) is 5.83. The maximum atomic E-state index is 3.62. The number of anilines is 1. The monoisotopic (exact) mass is 346 g/mol. The van der Waals surface area contributed by atoms with E-state index in [0.717, 1.165) is 24.1 Å². The summed E-state index contributed by atoms with van der Waals surface area (Å²) in [6, 6.07) is 15.1. The van der Waals surface area contributed by atoms with Gasteiger partial charge in [-0.25, -0.2) is 0 Å². The predicted octanol–water partition coefficient (Wildman–Crippen LogP) is 4.50. The summed E-state index contributed by atoms with van der Waals surface area (Å²) in [6.07, 6.45) is 0. The molecule has 0 bridgehead atoms. The van der Waals surface area contributed by atoms with Crippen molar-refractivity contribution in [3.63, 3.8) is 0 Å². The second kappa shape index (κ2) is 7.62. The van der Waals surface area contributed by atoms with Gasteiger partial charge in [0.2, 0.25) is 0 Å². The lowest BCUT2D eigenvalue weighted by Crippen LogP contribution is -2.17. The van der Waals surface area contributed by atoms with Gasteiger partial charge >= 0.3 is 0 Å². The van der Waals surface area contributed by atoms with Gasteiger partial charge < -0.3 is 10.2 Å². The largest absolute Gasteiger partial charge is 0.370 e. The zero-order chi connectivity index (χ0) is 15.2. The molecule has 1 N–H and O–H groups in total. The lowest BCUT2D eigenvalue weighted by atomic mass is 10.1. The molecule has 0 aliphatic rings. The first-order valence-electron chi connectivity index (χ1n) is 7.36. The predicted molar refractivity (Wildman–Crippen MR) is 94.8 cm³/mol. The van der Waals surface area contributed by atoms with Crippen molar-refractivity contribution in [2.45, 2.75) is 26.9 Å². The van der Waals surface area contributed by atoms with Gasteiger partial charge in [-0.15, -0.1) is 0 Å². The number of nitrogens with zero attached hydrogens (tertiary/aromatic N) is 1. The van der Waals surface area contributed by atoms with Crippen LogP contribution in [0.15, 0.2) is 46.9 Å². The molecule has 2 aromatic carbocycles. The lowest BCUT2D eigenvalue weighted by molar-refractivity contribution is 0.723. The first-order chi connectivity index (χ1) is 10.1. The third-order valence-electron chi connectivity index (χ3n) is 3.70. The second-order valence-corrected chi connectivity index (χ2v) is 6.19. The number of aryl methyl sites for hydroxylation is 1. The minimum Gasteiger partial charge on any atom is -0.370 e. The fourth-order valence-electron chi connectivity index (χ4n) is 2.35. The summed E-state index contributed by atoms with van der Waals surface area (Å²) in [5.74, 6) is 0. The summed E-state index contributed by atoms with van der Waals surface area (Å²) in [4.78, 5) is 2.28. The fourth-order valence-corrected chi connectivity index (χ4v) is 2.76. The molecule has 2 aromatic rings. The molecule has 2 nitrogen and oxygen atoms in total. The quantitative estimate of drug-likeness (QED) is 0.828. The Morgan fingerprint density at radius 2 is 1.86 bits per heavy atom. The molecule has 0 spiro atoms. The number of benzene rings is 2. The topological polar surface area (TPSA) is 15.3 Å². The Bertz CT molecular complexity index is 596. The van der Waals surface area contributed by atoms with E-state index in [1.165, 1.54) is 22.4 Å². The van der Waals surface area contributed by atoms with Crippen LogP contribution in [0, 0.1) is 6.92 Å². The van der Waals surface area contributed by atoms with Crippen LogP contribution in [-0.4, -0.2) is 13.6 Å². The number of hydrogen-bond donors (Lipinski definition) is 1. The van der Waals surface area contributed by atoms with Crippen molar-refractivity contribution in [3.8, 4) is 0 Å². The van der Waals surface area contributed by atoms with Crippen LogP contribution in [0.2, 0.25) is 0 Å². The van der Waals surface area contributed by atoms with Crippen LogP contribution in [-0.2, 0) is 13.1 Å². The van der Waals surface area contributed by atoms with Gasteiger partial charge in [0, 0.05) is 30.3 Å². The molecule has 2 rings (SSSR count). The SMILES string of the molecule is CCNCc1ccc(N(C)Cc2ccccc2Br)cc1C. The number of hydrogen-bond acceptors (Lipinski definition) is 2. The molecular weight excluding hydrogens is 324 g/mol. The number of halogens is 1. The summed E-state index contributed by atoms with van der Waals surface area (Å²) < 4.78 is 1.16. The van der Waals surface area contributed by atoms with E-state index in [4.69, 9.17) is 0 Å². The molecule has 0 amide bonds. The molecule has 0 aliphatic heterocycles. The van der Waals surface area contributed by atoms with E-state index < -0.39 is 0 Å². The molecule has 112 valence electrons. The fraction of sp³-hybridized carbons (Fsp3) is 0.333. The minimum absolute atomic E-state index is 0.896. The van der Waals surface area contributed by atoms with Crippen LogP contribution >= 0.6 is 15.9 Å². The van der Waals surface area contributed by atoms with Crippen LogP contribution in [0.1, 0.15) is 23.6 Å². The molecule has 0 saturated heterocycles. The summed E-state index contributed by atoms with van der Waals surface area (Å²) >= 11 is 3.62. The third kappa shape index (κ3) is 4.32. The molecule has 0 heterocycles. The lowest BCUT2D eigenvalue weighted by Gasteiger charge is -2.21. The molecule has 0 unspecified atom stereocenters. The van der Waals surface area contributed by atoms with E-state index in [1.807, 2.05) is 6.07 Å². The molecule has 0 saturated carbocycles. The smallest absolute Gasteiger partial charge is 0.0437 e. The maximum absolute atomic E-state index is 3.62. The average Bonchev–Trinajstić information content (AvgIpc) is 2.48. The highest BCUT2D eigenvalue weighted by molar-refractivity contribution is 9.10. The molecule has 0 radical (unpaired) electrons. The van der Waals surface area contributed by atoms with E-state index in [-0.39, 0.29) is 0 Å². The van der Waals surface area contributed by atoms with Crippen LogP contribution in [0.3, 0.4) is 0 Å². The second-order valence-electron chi connectivity index (χ2n) is 5.34. The van der Waals surface area contributed by atoms with Gasteiger partial charge in [0.15, 0.2) is 0 Å². The van der Waals surface area contributed by atoms with E-state index in [1.54, 1.807) is 0 Å². The molecule has 0 aromatic heterocycles. The van der Waals surface area contributed by atoms with Gasteiger partial charge in [0.1, 0.15) is 0 Å². The first-order valence-corrected chi connectivity index (χ1v) is 8.16. The Labute approximate surface area is 136 Å². The zero-order valence-corrected chi connectivity index (χ0v) is 14.6. The Balaban J connectivity index is 2.11. The third-order valence-corrected chi connectivity index (χ3v) is 4.47. The Hall–Kier alpha value is -1.32. The summed E-state index contributed by atoms with van der Waals surface area (Å²) in [7, 11) is 2.14. The van der Waals surface area contributed by atoms with Crippen molar-refractivity contribution in [1.82, 2.24) is 5.32 Å². The molecule has 21 heavy (non-hydrogen) atoms. The average molecular weight is 347 g/mol. The van der Waals surface area contributed by atoms with E-state index in [9.17, 15) is 0 Å². The maximum Gasteiger partial charge on any atom is 0.0437 e. The summed E-state index contributed by atoms with van der Waals surface area (Å²) in [5.41, 5.74) is 5.26. The first kappa shape index (κ1) is 16.1. The van der Waals surface area contributed by atoms with Gasteiger partial charge in [-0.3, -0.25) is 0 Å². The zero-order valence-electron chi connectivity index (χ0n) is 13.0. The number of rotatable bonds is 6.